The number of rotatable bonds is 1. The second kappa shape index (κ2) is 6.98. The molecule has 0 aromatic heterocycles. The number of carbonyl (C=O) groups excluding carboxylic acids is 1. The number of aliphatic imine (C=N–C) groups is 1. The Labute approximate surface area is 91.0 Å². The number of aldehydes is 1. The molecule has 0 aromatic carbocycles. The molecule has 0 bridgehead atoms. The molecule has 1 atom stereocenters. The van der Waals surface area contributed by atoms with Crippen molar-refractivity contribution in [3.63, 3.8) is 0 Å². The summed E-state index contributed by atoms with van der Waals surface area (Å²) in [4.78, 5) is 14.9. The molecule has 1 aliphatic rings. The molecule has 1 heterocycles. The van der Waals surface area contributed by atoms with Gasteiger partial charge in [0.05, 0.1) is 0 Å². The maximum absolute atomic E-state index is 10.6. The third-order valence-corrected chi connectivity index (χ3v) is 2.41. The molecule has 15 heavy (non-hydrogen) atoms. The van der Waals surface area contributed by atoms with Crippen LogP contribution in [0.4, 0.5) is 0 Å². The molecule has 1 N–H and O–H groups in total. The third kappa shape index (κ3) is 5.15. The first-order valence-corrected chi connectivity index (χ1v) is 5.38. The number of allylic oxidation sites excluding steroid dienone is 3. The number of carbonyl (C=O) groups is 1. The zero-order valence-corrected chi connectivity index (χ0v) is 9.15. The third-order valence-electron chi connectivity index (χ3n) is 2.41. The first-order valence-electron chi connectivity index (χ1n) is 5.38. The van der Waals surface area contributed by atoms with Crippen LogP contribution in [0.15, 0.2) is 28.9 Å². The second-order valence-electron chi connectivity index (χ2n) is 3.82. The van der Waals surface area contributed by atoms with E-state index in [2.05, 4.69) is 17.2 Å². The van der Waals surface area contributed by atoms with Gasteiger partial charge < -0.3 is 5.32 Å². The summed E-state index contributed by atoms with van der Waals surface area (Å²) in [6, 6.07) is 0. The molecule has 0 aromatic rings. The van der Waals surface area contributed by atoms with Gasteiger partial charge in [-0.05, 0) is 37.1 Å². The standard InChI is InChI=1S/C12H18N2O/c1-11-4-7-13-6-2-3-12(10-15)9-14-8-5-11/h2-3,6,9-11,13H,4-5,7-8H2,1H3/b6-2+,12-3+,14-9?. The van der Waals surface area contributed by atoms with Crippen LogP contribution in [0.5, 0.6) is 0 Å². The highest BCUT2D eigenvalue weighted by Crippen LogP contribution is 2.06. The molecule has 0 amide bonds. The topological polar surface area (TPSA) is 41.5 Å². The SMILES string of the molecule is CC1CCN=C/C(C=O)=C\C=C\NCC1. The van der Waals surface area contributed by atoms with Gasteiger partial charge in [0.15, 0.2) is 6.29 Å². The van der Waals surface area contributed by atoms with E-state index in [0.717, 1.165) is 32.2 Å². The van der Waals surface area contributed by atoms with Gasteiger partial charge in [-0.25, -0.2) is 0 Å². The Morgan fingerprint density at radius 2 is 2.40 bits per heavy atom. The van der Waals surface area contributed by atoms with Crippen molar-refractivity contribution >= 4 is 12.5 Å². The fourth-order valence-corrected chi connectivity index (χ4v) is 1.36. The van der Waals surface area contributed by atoms with Crippen LogP contribution >= 0.6 is 0 Å². The molecule has 0 spiro atoms. The lowest BCUT2D eigenvalue weighted by Crippen LogP contribution is -2.11. The van der Waals surface area contributed by atoms with Crippen molar-refractivity contribution in [2.24, 2.45) is 10.9 Å². The summed E-state index contributed by atoms with van der Waals surface area (Å²) < 4.78 is 0. The molecular weight excluding hydrogens is 188 g/mol. The van der Waals surface area contributed by atoms with Gasteiger partial charge in [-0.15, -0.1) is 0 Å². The average Bonchev–Trinajstić information content (AvgIpc) is 2.23. The second-order valence-corrected chi connectivity index (χ2v) is 3.82. The van der Waals surface area contributed by atoms with E-state index in [0.29, 0.717) is 11.5 Å². The molecule has 0 fully saturated rings. The van der Waals surface area contributed by atoms with E-state index < -0.39 is 0 Å². The van der Waals surface area contributed by atoms with E-state index in [9.17, 15) is 4.79 Å². The Morgan fingerprint density at radius 1 is 1.53 bits per heavy atom. The van der Waals surface area contributed by atoms with Gasteiger partial charge >= 0.3 is 0 Å². The monoisotopic (exact) mass is 206 g/mol. The predicted molar refractivity (Wildman–Crippen MR) is 63.0 cm³/mol. The molecule has 1 rings (SSSR count). The van der Waals surface area contributed by atoms with Gasteiger partial charge in [-0.2, -0.15) is 0 Å². The maximum Gasteiger partial charge on any atom is 0.151 e. The van der Waals surface area contributed by atoms with Crippen molar-refractivity contribution in [3.05, 3.63) is 23.9 Å². The van der Waals surface area contributed by atoms with Crippen molar-refractivity contribution in [2.45, 2.75) is 19.8 Å². The average molecular weight is 206 g/mol. The summed E-state index contributed by atoms with van der Waals surface area (Å²) in [6.07, 6.45) is 10.2. The number of nitrogens with zero attached hydrogens (tertiary/aromatic N) is 1. The zero-order valence-electron chi connectivity index (χ0n) is 9.15. The Kier molecular flexibility index (Phi) is 5.44. The smallest absolute Gasteiger partial charge is 0.151 e. The highest BCUT2D eigenvalue weighted by atomic mass is 16.1. The molecule has 3 heteroatoms. The molecule has 0 aliphatic carbocycles. The largest absolute Gasteiger partial charge is 0.391 e. The van der Waals surface area contributed by atoms with Crippen LogP contribution in [0, 0.1) is 5.92 Å². The fourth-order valence-electron chi connectivity index (χ4n) is 1.36. The first-order chi connectivity index (χ1) is 7.33. The Bertz CT molecular complexity index is 279. The van der Waals surface area contributed by atoms with Gasteiger partial charge in [-0.1, -0.05) is 6.92 Å². The Morgan fingerprint density at radius 3 is 3.20 bits per heavy atom. The molecule has 82 valence electrons. The lowest BCUT2D eigenvalue weighted by Gasteiger charge is -2.09. The summed E-state index contributed by atoms with van der Waals surface area (Å²) in [7, 11) is 0. The van der Waals surface area contributed by atoms with Crippen molar-refractivity contribution in [1.29, 1.82) is 0 Å². The predicted octanol–water partition coefficient (Wildman–Crippen LogP) is 1.72. The van der Waals surface area contributed by atoms with E-state index in [4.69, 9.17) is 0 Å². The maximum atomic E-state index is 10.6. The summed E-state index contributed by atoms with van der Waals surface area (Å²) >= 11 is 0. The highest BCUT2D eigenvalue weighted by molar-refractivity contribution is 6.02. The van der Waals surface area contributed by atoms with Crippen molar-refractivity contribution < 1.29 is 4.79 Å². The van der Waals surface area contributed by atoms with Gasteiger partial charge in [0.2, 0.25) is 0 Å². The van der Waals surface area contributed by atoms with E-state index in [1.54, 1.807) is 12.3 Å². The zero-order chi connectivity index (χ0) is 10.9. The van der Waals surface area contributed by atoms with E-state index >= 15 is 0 Å². The van der Waals surface area contributed by atoms with Gasteiger partial charge in [0.25, 0.3) is 0 Å². The van der Waals surface area contributed by atoms with Gasteiger partial charge in [0, 0.05) is 24.9 Å². The summed E-state index contributed by atoms with van der Waals surface area (Å²) in [5, 5.41) is 3.19. The fraction of sp³-hybridized carbons (Fsp3) is 0.500. The van der Waals surface area contributed by atoms with Gasteiger partial charge in [-0.3, -0.25) is 9.79 Å². The quantitative estimate of drug-likeness (QED) is 0.664. The van der Waals surface area contributed by atoms with Crippen molar-refractivity contribution in [1.82, 2.24) is 5.32 Å². The van der Waals surface area contributed by atoms with Crippen molar-refractivity contribution in [3.8, 4) is 0 Å². The van der Waals surface area contributed by atoms with Crippen LogP contribution in [0.2, 0.25) is 0 Å². The molecule has 0 saturated heterocycles. The number of nitrogens with one attached hydrogen (secondary N) is 1. The van der Waals surface area contributed by atoms with Gasteiger partial charge in [0.1, 0.15) is 0 Å². The summed E-state index contributed by atoms with van der Waals surface area (Å²) in [6.45, 7) is 4.00. The van der Waals surface area contributed by atoms with Crippen LogP contribution in [-0.2, 0) is 4.79 Å². The molecule has 1 aliphatic heterocycles. The van der Waals surface area contributed by atoms with Crippen LogP contribution in [0.3, 0.4) is 0 Å². The van der Waals surface area contributed by atoms with Crippen molar-refractivity contribution in [2.75, 3.05) is 13.1 Å². The van der Waals surface area contributed by atoms with E-state index in [1.807, 2.05) is 12.3 Å². The molecule has 1 unspecified atom stereocenters. The Hall–Kier alpha value is -1.38. The number of hydrogen-bond donors (Lipinski definition) is 1. The minimum absolute atomic E-state index is 0.612. The molecular formula is C12H18N2O. The Balaban J connectivity index is 2.61. The molecule has 3 nitrogen and oxygen atoms in total. The minimum atomic E-state index is 0.612. The van der Waals surface area contributed by atoms with E-state index in [1.165, 1.54) is 0 Å². The molecule has 0 radical (unpaired) electrons. The molecule has 0 saturated carbocycles. The van der Waals surface area contributed by atoms with E-state index in [-0.39, 0.29) is 0 Å². The van der Waals surface area contributed by atoms with Crippen LogP contribution in [-0.4, -0.2) is 25.6 Å². The first kappa shape index (κ1) is 11.7. The van der Waals surface area contributed by atoms with Crippen LogP contribution < -0.4 is 5.32 Å². The summed E-state index contributed by atoms with van der Waals surface area (Å²) in [5.41, 5.74) is 0.612. The lowest BCUT2D eigenvalue weighted by atomic mass is 10.0. The lowest BCUT2D eigenvalue weighted by molar-refractivity contribution is -0.104. The normalized spacial score (nSPS) is 28.9. The van der Waals surface area contributed by atoms with Crippen LogP contribution in [0.25, 0.3) is 0 Å². The van der Waals surface area contributed by atoms with Crippen LogP contribution in [0.1, 0.15) is 19.8 Å². The highest BCUT2D eigenvalue weighted by Gasteiger charge is 2.00. The minimum Gasteiger partial charge on any atom is -0.391 e. The summed E-state index contributed by atoms with van der Waals surface area (Å²) in [5.74, 6) is 0.672. The number of hydrogen-bond acceptors (Lipinski definition) is 3.